The Hall–Kier alpha value is -3.40. The lowest BCUT2D eigenvalue weighted by Gasteiger charge is -2.40. The molecule has 10 nitrogen and oxygen atoms in total. The van der Waals surface area contributed by atoms with Gasteiger partial charge in [-0.15, -0.1) is 0 Å². The molecule has 5 heterocycles. The third-order valence-electron chi connectivity index (χ3n) is 5.33. The number of fused-ring (bicyclic) bond motifs is 1. The molecule has 29 heavy (non-hydrogen) atoms. The van der Waals surface area contributed by atoms with Crippen molar-refractivity contribution in [2.24, 2.45) is 0 Å². The van der Waals surface area contributed by atoms with Gasteiger partial charge in [-0.3, -0.25) is 14.3 Å². The van der Waals surface area contributed by atoms with Gasteiger partial charge in [0.1, 0.15) is 11.4 Å². The standard InChI is InChI=1S/C19H20N8O2/c1-25-15-11-23-19(26-7-6-22-17(26)14-10-20-4-5-21-14)24-18(15)27(12-16(25)28)13-2-8-29-9-3-13/h4-7,10-11,13H,2-3,8-9,12H2,1H3. The number of amides is 1. The minimum atomic E-state index is 0.0308. The van der Waals surface area contributed by atoms with E-state index in [1.54, 1.807) is 53.7 Å². The van der Waals surface area contributed by atoms with E-state index >= 15 is 0 Å². The Labute approximate surface area is 167 Å². The molecule has 0 N–H and O–H groups in total. The fraction of sp³-hybridized carbons (Fsp3) is 0.368. The Morgan fingerprint density at radius 3 is 2.72 bits per heavy atom. The molecule has 2 aliphatic heterocycles. The van der Waals surface area contributed by atoms with Gasteiger partial charge in [0.05, 0.1) is 18.9 Å². The van der Waals surface area contributed by atoms with E-state index < -0.39 is 0 Å². The molecule has 0 atom stereocenters. The van der Waals surface area contributed by atoms with Gasteiger partial charge in [0.25, 0.3) is 0 Å². The zero-order valence-corrected chi connectivity index (χ0v) is 16.0. The van der Waals surface area contributed by atoms with Crippen LogP contribution in [-0.2, 0) is 9.53 Å². The van der Waals surface area contributed by atoms with Crippen molar-refractivity contribution in [3.8, 4) is 17.5 Å². The number of carbonyl (C=O) groups excluding carboxylic acids is 1. The van der Waals surface area contributed by atoms with Crippen molar-refractivity contribution in [3.05, 3.63) is 37.2 Å². The van der Waals surface area contributed by atoms with Crippen molar-refractivity contribution in [2.75, 3.05) is 36.6 Å². The maximum Gasteiger partial charge on any atom is 0.246 e. The van der Waals surface area contributed by atoms with Gasteiger partial charge < -0.3 is 14.5 Å². The molecule has 0 saturated carbocycles. The smallest absolute Gasteiger partial charge is 0.246 e. The van der Waals surface area contributed by atoms with Crippen molar-refractivity contribution in [1.82, 2.24) is 29.5 Å². The minimum absolute atomic E-state index is 0.0308. The Kier molecular flexibility index (Phi) is 4.39. The lowest BCUT2D eigenvalue weighted by atomic mass is 10.1. The average molecular weight is 392 g/mol. The highest BCUT2D eigenvalue weighted by Crippen LogP contribution is 2.34. The first-order valence-corrected chi connectivity index (χ1v) is 9.50. The van der Waals surface area contributed by atoms with Crippen LogP contribution in [0.1, 0.15) is 12.8 Å². The van der Waals surface area contributed by atoms with E-state index in [0.717, 1.165) is 18.7 Å². The van der Waals surface area contributed by atoms with E-state index in [-0.39, 0.29) is 11.9 Å². The average Bonchev–Trinajstić information content (AvgIpc) is 3.27. The molecule has 0 unspecified atom stereocenters. The van der Waals surface area contributed by atoms with E-state index in [1.165, 1.54) is 0 Å². The molecule has 3 aromatic heterocycles. The van der Waals surface area contributed by atoms with Crippen LogP contribution < -0.4 is 9.80 Å². The Morgan fingerprint density at radius 1 is 1.07 bits per heavy atom. The highest BCUT2D eigenvalue weighted by atomic mass is 16.5. The number of hydrogen-bond donors (Lipinski definition) is 0. The summed E-state index contributed by atoms with van der Waals surface area (Å²) in [6, 6.07) is 0.213. The summed E-state index contributed by atoms with van der Waals surface area (Å²) in [5, 5.41) is 0. The molecule has 148 valence electrons. The molecule has 1 fully saturated rings. The lowest BCUT2D eigenvalue weighted by molar-refractivity contribution is -0.117. The van der Waals surface area contributed by atoms with E-state index in [4.69, 9.17) is 9.72 Å². The number of rotatable bonds is 3. The Balaban J connectivity index is 1.58. The molecule has 1 amide bonds. The highest BCUT2D eigenvalue weighted by Gasteiger charge is 2.34. The molecular weight excluding hydrogens is 372 g/mol. The van der Waals surface area contributed by atoms with Crippen molar-refractivity contribution >= 4 is 17.4 Å². The van der Waals surface area contributed by atoms with Crippen LogP contribution >= 0.6 is 0 Å². The Bertz CT molecular complexity index is 1030. The van der Waals surface area contributed by atoms with Crippen molar-refractivity contribution < 1.29 is 9.53 Å². The number of aromatic nitrogens is 6. The molecule has 10 heteroatoms. The van der Waals surface area contributed by atoms with E-state index in [0.29, 0.717) is 42.9 Å². The first-order chi connectivity index (χ1) is 14.2. The van der Waals surface area contributed by atoms with E-state index in [1.807, 2.05) is 0 Å². The van der Waals surface area contributed by atoms with Crippen LogP contribution in [0.3, 0.4) is 0 Å². The summed E-state index contributed by atoms with van der Waals surface area (Å²) in [5.74, 6) is 1.86. The minimum Gasteiger partial charge on any atom is -0.381 e. The number of anilines is 2. The number of nitrogens with zero attached hydrogens (tertiary/aromatic N) is 8. The van der Waals surface area contributed by atoms with Crippen LogP contribution in [-0.4, -0.2) is 68.2 Å². The first kappa shape index (κ1) is 17.7. The van der Waals surface area contributed by atoms with Crippen LogP contribution in [0.4, 0.5) is 11.5 Å². The van der Waals surface area contributed by atoms with Gasteiger partial charge in [-0.05, 0) is 12.8 Å². The predicted molar refractivity (Wildman–Crippen MR) is 105 cm³/mol. The van der Waals surface area contributed by atoms with Crippen LogP contribution in [0.2, 0.25) is 0 Å². The van der Waals surface area contributed by atoms with Gasteiger partial charge in [-0.25, -0.2) is 15.0 Å². The number of imidazole rings is 1. The van der Waals surface area contributed by atoms with Crippen molar-refractivity contribution in [2.45, 2.75) is 18.9 Å². The molecule has 1 saturated heterocycles. The summed E-state index contributed by atoms with van der Waals surface area (Å²) in [5.41, 5.74) is 1.34. The van der Waals surface area contributed by atoms with Crippen LogP contribution in [0.25, 0.3) is 17.5 Å². The fourth-order valence-electron chi connectivity index (χ4n) is 3.75. The molecule has 0 spiro atoms. The lowest BCUT2D eigenvalue weighted by Crippen LogP contribution is -2.50. The maximum absolute atomic E-state index is 12.5. The number of hydrogen-bond acceptors (Lipinski definition) is 8. The van der Waals surface area contributed by atoms with Crippen LogP contribution in [0.15, 0.2) is 37.2 Å². The second-order valence-electron chi connectivity index (χ2n) is 7.01. The van der Waals surface area contributed by atoms with Gasteiger partial charge in [0.2, 0.25) is 11.9 Å². The van der Waals surface area contributed by atoms with Crippen molar-refractivity contribution in [3.63, 3.8) is 0 Å². The monoisotopic (exact) mass is 392 g/mol. The van der Waals surface area contributed by atoms with Crippen molar-refractivity contribution in [1.29, 1.82) is 0 Å². The van der Waals surface area contributed by atoms with Gasteiger partial charge >= 0.3 is 0 Å². The quantitative estimate of drug-likeness (QED) is 0.653. The maximum atomic E-state index is 12.5. The second-order valence-corrected chi connectivity index (χ2v) is 7.01. The van der Waals surface area contributed by atoms with Gasteiger partial charge in [-0.2, -0.15) is 4.98 Å². The number of carbonyl (C=O) groups is 1. The summed E-state index contributed by atoms with van der Waals surface area (Å²) in [7, 11) is 1.76. The zero-order valence-electron chi connectivity index (χ0n) is 16.0. The molecule has 5 rings (SSSR count). The molecule has 0 aromatic carbocycles. The van der Waals surface area contributed by atoms with E-state index in [2.05, 4.69) is 24.8 Å². The second kappa shape index (κ2) is 7.21. The SMILES string of the molecule is CN1C(=O)CN(C2CCOCC2)c2nc(-n3ccnc3-c3cnccn3)ncc21. The van der Waals surface area contributed by atoms with Crippen LogP contribution in [0.5, 0.6) is 0 Å². The fourth-order valence-corrected chi connectivity index (χ4v) is 3.75. The molecule has 0 radical (unpaired) electrons. The third-order valence-corrected chi connectivity index (χ3v) is 5.33. The summed E-state index contributed by atoms with van der Waals surface area (Å²) >= 11 is 0. The predicted octanol–water partition coefficient (Wildman–Crippen LogP) is 1.08. The molecule has 0 aliphatic carbocycles. The topological polar surface area (TPSA) is 102 Å². The Morgan fingerprint density at radius 2 is 1.93 bits per heavy atom. The van der Waals surface area contributed by atoms with Gasteiger partial charge in [-0.1, -0.05) is 0 Å². The first-order valence-electron chi connectivity index (χ1n) is 9.50. The van der Waals surface area contributed by atoms with Gasteiger partial charge in [0, 0.05) is 51.1 Å². The third kappa shape index (κ3) is 3.11. The van der Waals surface area contributed by atoms with Crippen LogP contribution in [0, 0.1) is 0 Å². The summed E-state index contributed by atoms with van der Waals surface area (Å²) in [6.45, 7) is 1.68. The summed E-state index contributed by atoms with van der Waals surface area (Å²) in [4.78, 5) is 38.4. The van der Waals surface area contributed by atoms with E-state index in [9.17, 15) is 4.79 Å². The zero-order chi connectivity index (χ0) is 19.8. The summed E-state index contributed by atoms with van der Waals surface area (Å²) in [6.07, 6.45) is 11.8. The number of likely N-dealkylation sites (N-methyl/N-ethyl adjacent to an activating group) is 1. The highest BCUT2D eigenvalue weighted by molar-refractivity contribution is 6.01. The normalized spacial score (nSPS) is 17.5. The van der Waals surface area contributed by atoms with Gasteiger partial charge in [0.15, 0.2) is 11.6 Å². The summed E-state index contributed by atoms with van der Waals surface area (Å²) < 4.78 is 7.27. The molecule has 2 aliphatic rings. The largest absolute Gasteiger partial charge is 0.381 e. The molecule has 3 aromatic rings. The number of ether oxygens (including phenoxy) is 1. The molecular formula is C19H20N8O2. The molecule has 0 bridgehead atoms.